The minimum Gasteiger partial charge on any atom is -0.337 e. The van der Waals surface area contributed by atoms with E-state index in [0.29, 0.717) is 18.8 Å². The van der Waals surface area contributed by atoms with E-state index in [2.05, 4.69) is 33.5 Å². The van der Waals surface area contributed by atoms with E-state index in [-0.39, 0.29) is 11.8 Å². The number of rotatable bonds is 4. The molecule has 0 spiro atoms. The Morgan fingerprint density at radius 2 is 2.12 bits per heavy atom. The fraction of sp³-hybridized carbons (Fsp3) is 0.350. The number of amides is 1. The van der Waals surface area contributed by atoms with E-state index in [1.165, 1.54) is 0 Å². The molecule has 2 aromatic heterocycles. The molecule has 6 nitrogen and oxygen atoms in total. The minimum absolute atomic E-state index is 0.0665. The van der Waals surface area contributed by atoms with Crippen LogP contribution in [0.25, 0.3) is 11.3 Å². The monoisotopic (exact) mass is 349 g/mol. The van der Waals surface area contributed by atoms with Gasteiger partial charge in [0.05, 0.1) is 5.69 Å². The van der Waals surface area contributed by atoms with Gasteiger partial charge in [0.15, 0.2) is 0 Å². The molecule has 0 bridgehead atoms. The number of carbonyl (C=O) groups is 1. The molecule has 1 aliphatic heterocycles. The Balaban J connectivity index is 1.51. The van der Waals surface area contributed by atoms with E-state index in [1.807, 2.05) is 30.0 Å². The lowest BCUT2D eigenvalue weighted by molar-refractivity contribution is 0.0693. The van der Waals surface area contributed by atoms with Gasteiger partial charge >= 0.3 is 0 Å². The van der Waals surface area contributed by atoms with Crippen molar-refractivity contribution in [2.75, 3.05) is 13.1 Å². The second-order valence-corrected chi connectivity index (χ2v) is 6.70. The summed E-state index contributed by atoms with van der Waals surface area (Å²) in [6.45, 7) is 4.21. The first-order valence-corrected chi connectivity index (χ1v) is 9.18. The summed E-state index contributed by atoms with van der Waals surface area (Å²) in [5, 5.41) is 11.9. The summed E-state index contributed by atoms with van der Waals surface area (Å²) in [4.78, 5) is 14.8. The van der Waals surface area contributed by atoms with Gasteiger partial charge in [-0.3, -0.25) is 14.6 Å². The molecule has 1 atom stereocenters. The van der Waals surface area contributed by atoms with Crippen molar-refractivity contribution < 1.29 is 4.79 Å². The zero-order chi connectivity index (χ0) is 17.9. The third-order valence-corrected chi connectivity index (χ3v) is 5.05. The molecule has 134 valence electrons. The van der Waals surface area contributed by atoms with Crippen LogP contribution in [0, 0.1) is 0 Å². The Hall–Kier alpha value is -2.89. The van der Waals surface area contributed by atoms with Crippen molar-refractivity contribution in [3.8, 4) is 11.3 Å². The van der Waals surface area contributed by atoms with Gasteiger partial charge in [0.25, 0.3) is 5.91 Å². The third kappa shape index (κ3) is 3.14. The molecule has 0 saturated carbocycles. The zero-order valence-electron chi connectivity index (χ0n) is 14.9. The van der Waals surface area contributed by atoms with Crippen LogP contribution in [-0.4, -0.2) is 43.9 Å². The average molecular weight is 349 g/mol. The Kier molecular flexibility index (Phi) is 4.56. The summed E-state index contributed by atoms with van der Waals surface area (Å²) in [6, 6.07) is 14.1. The molecule has 6 heteroatoms. The summed E-state index contributed by atoms with van der Waals surface area (Å²) in [5.41, 5.74) is 3.83. The average Bonchev–Trinajstić information content (AvgIpc) is 3.37. The van der Waals surface area contributed by atoms with Crippen molar-refractivity contribution in [1.82, 2.24) is 24.9 Å². The number of aromatic amines is 1. The lowest BCUT2D eigenvalue weighted by Gasteiger charge is -2.32. The molecule has 26 heavy (non-hydrogen) atoms. The maximum Gasteiger partial charge on any atom is 0.272 e. The smallest absolute Gasteiger partial charge is 0.272 e. The van der Waals surface area contributed by atoms with Crippen LogP contribution in [0.3, 0.4) is 0 Å². The van der Waals surface area contributed by atoms with E-state index >= 15 is 0 Å². The SMILES string of the molecule is CCn1nccc1C(=O)N1CCC[C@@H](c2cc(-c3ccccc3)n[nH]2)C1. The molecule has 0 radical (unpaired) electrons. The highest BCUT2D eigenvalue weighted by Gasteiger charge is 2.28. The number of hydrogen-bond donors (Lipinski definition) is 1. The first-order chi connectivity index (χ1) is 12.8. The number of aromatic nitrogens is 4. The first-order valence-electron chi connectivity index (χ1n) is 9.18. The molecule has 0 aliphatic carbocycles. The van der Waals surface area contributed by atoms with E-state index in [0.717, 1.165) is 36.3 Å². The Labute approximate surface area is 152 Å². The fourth-order valence-electron chi connectivity index (χ4n) is 3.65. The molecule has 1 aliphatic rings. The number of H-pyrrole nitrogens is 1. The first kappa shape index (κ1) is 16.6. The number of aryl methyl sites for hydroxylation is 1. The van der Waals surface area contributed by atoms with Gasteiger partial charge in [-0.2, -0.15) is 10.2 Å². The molecular weight excluding hydrogens is 326 g/mol. The van der Waals surface area contributed by atoms with Crippen molar-refractivity contribution in [2.45, 2.75) is 32.2 Å². The molecular formula is C20H23N5O. The summed E-state index contributed by atoms with van der Waals surface area (Å²) >= 11 is 0. The van der Waals surface area contributed by atoms with Gasteiger partial charge in [0.2, 0.25) is 0 Å². The van der Waals surface area contributed by atoms with Crippen LogP contribution in [0.5, 0.6) is 0 Å². The highest BCUT2D eigenvalue weighted by molar-refractivity contribution is 5.92. The normalized spacial score (nSPS) is 17.4. The standard InChI is InChI=1S/C20H23N5O/c1-2-25-19(10-11-21-25)20(26)24-12-6-9-16(14-24)18-13-17(22-23-18)15-7-4-3-5-8-15/h3-5,7-8,10-11,13,16H,2,6,9,12,14H2,1H3,(H,22,23)/t16-/m1/s1. The second-order valence-electron chi connectivity index (χ2n) is 6.70. The topological polar surface area (TPSA) is 66.8 Å². The largest absolute Gasteiger partial charge is 0.337 e. The fourth-order valence-corrected chi connectivity index (χ4v) is 3.65. The van der Waals surface area contributed by atoms with Crippen LogP contribution in [-0.2, 0) is 6.54 Å². The molecule has 0 unspecified atom stereocenters. The summed E-state index contributed by atoms with van der Waals surface area (Å²) in [6.07, 6.45) is 3.75. The lowest BCUT2D eigenvalue weighted by Crippen LogP contribution is -2.40. The van der Waals surface area contributed by atoms with Gasteiger partial charge in [0.1, 0.15) is 5.69 Å². The predicted octanol–water partition coefficient (Wildman–Crippen LogP) is 3.31. The summed E-state index contributed by atoms with van der Waals surface area (Å²) in [5.74, 6) is 0.354. The quantitative estimate of drug-likeness (QED) is 0.786. The Bertz CT molecular complexity index is 883. The highest BCUT2D eigenvalue weighted by atomic mass is 16.2. The van der Waals surface area contributed by atoms with Gasteiger partial charge < -0.3 is 4.90 Å². The Morgan fingerprint density at radius 1 is 1.27 bits per heavy atom. The van der Waals surface area contributed by atoms with Crippen molar-refractivity contribution in [1.29, 1.82) is 0 Å². The van der Waals surface area contributed by atoms with Gasteiger partial charge in [-0.1, -0.05) is 30.3 Å². The lowest BCUT2D eigenvalue weighted by atomic mass is 9.94. The molecule has 1 fully saturated rings. The van der Waals surface area contributed by atoms with E-state index < -0.39 is 0 Å². The summed E-state index contributed by atoms with van der Waals surface area (Å²) in [7, 11) is 0. The van der Waals surface area contributed by atoms with Crippen LogP contribution in [0.2, 0.25) is 0 Å². The van der Waals surface area contributed by atoms with Crippen LogP contribution in [0.4, 0.5) is 0 Å². The number of benzene rings is 1. The zero-order valence-corrected chi connectivity index (χ0v) is 14.9. The highest BCUT2D eigenvalue weighted by Crippen LogP contribution is 2.29. The maximum atomic E-state index is 12.9. The van der Waals surface area contributed by atoms with Gasteiger partial charge in [-0.25, -0.2) is 0 Å². The van der Waals surface area contributed by atoms with Crippen molar-refractivity contribution in [3.63, 3.8) is 0 Å². The molecule has 1 N–H and O–H groups in total. The number of likely N-dealkylation sites (tertiary alicyclic amines) is 1. The number of piperidine rings is 1. The van der Waals surface area contributed by atoms with Gasteiger partial charge in [0, 0.05) is 43.0 Å². The molecule has 1 amide bonds. The summed E-state index contributed by atoms with van der Waals surface area (Å²) < 4.78 is 1.76. The van der Waals surface area contributed by atoms with Crippen molar-refractivity contribution >= 4 is 5.91 Å². The van der Waals surface area contributed by atoms with Crippen LogP contribution >= 0.6 is 0 Å². The molecule has 3 heterocycles. The minimum atomic E-state index is 0.0665. The number of nitrogens with zero attached hydrogens (tertiary/aromatic N) is 4. The maximum absolute atomic E-state index is 12.9. The number of carbonyl (C=O) groups excluding carboxylic acids is 1. The van der Waals surface area contributed by atoms with Crippen molar-refractivity contribution in [2.24, 2.45) is 0 Å². The van der Waals surface area contributed by atoms with Crippen LogP contribution < -0.4 is 0 Å². The van der Waals surface area contributed by atoms with Gasteiger partial charge in [-0.05, 0) is 31.9 Å². The number of nitrogens with one attached hydrogen (secondary N) is 1. The van der Waals surface area contributed by atoms with Crippen LogP contribution in [0.1, 0.15) is 41.9 Å². The predicted molar refractivity (Wildman–Crippen MR) is 99.8 cm³/mol. The number of hydrogen-bond acceptors (Lipinski definition) is 3. The van der Waals surface area contributed by atoms with E-state index in [1.54, 1.807) is 16.9 Å². The molecule has 4 rings (SSSR count). The second kappa shape index (κ2) is 7.15. The third-order valence-electron chi connectivity index (χ3n) is 5.05. The van der Waals surface area contributed by atoms with Gasteiger partial charge in [-0.15, -0.1) is 0 Å². The molecule has 3 aromatic rings. The van der Waals surface area contributed by atoms with Crippen molar-refractivity contribution in [3.05, 3.63) is 60.0 Å². The molecule has 1 saturated heterocycles. The van der Waals surface area contributed by atoms with E-state index in [9.17, 15) is 4.79 Å². The Morgan fingerprint density at radius 3 is 2.92 bits per heavy atom. The van der Waals surface area contributed by atoms with E-state index in [4.69, 9.17) is 0 Å². The molecule has 1 aromatic carbocycles. The van der Waals surface area contributed by atoms with Crippen LogP contribution in [0.15, 0.2) is 48.7 Å².